The van der Waals surface area contributed by atoms with Crippen molar-refractivity contribution in [1.29, 1.82) is 10.5 Å². The van der Waals surface area contributed by atoms with Crippen LogP contribution in [0, 0.1) is 22.7 Å². The molecule has 0 aromatic heterocycles. The van der Waals surface area contributed by atoms with Crippen LogP contribution in [-0.4, -0.2) is 26.5 Å². The molecule has 1 atom stereocenters. The lowest BCUT2D eigenvalue weighted by atomic mass is 10.1. The molecule has 1 rings (SSSR count). The molecule has 0 aliphatic carbocycles. The third-order valence-electron chi connectivity index (χ3n) is 2.23. The topological polar surface area (TPSA) is 93.8 Å². The fourth-order valence-corrected chi connectivity index (χ4v) is 2.60. The van der Waals surface area contributed by atoms with Crippen LogP contribution in [-0.2, 0) is 9.84 Å². The monoisotopic (exact) mass is 263 g/mol. The van der Waals surface area contributed by atoms with E-state index < -0.39 is 9.84 Å². The largest absolute Gasteiger partial charge is 0.382 e. The fraction of sp³-hybridized carbons (Fsp3) is 0.333. The van der Waals surface area contributed by atoms with Crippen molar-refractivity contribution < 1.29 is 8.42 Å². The molecule has 0 saturated heterocycles. The van der Waals surface area contributed by atoms with E-state index >= 15 is 0 Å². The average molecular weight is 263 g/mol. The molecule has 5 nitrogen and oxygen atoms in total. The summed E-state index contributed by atoms with van der Waals surface area (Å²) in [7, 11) is -3.05. The maximum Gasteiger partial charge on any atom is 0.149 e. The lowest BCUT2D eigenvalue weighted by Gasteiger charge is -2.14. The van der Waals surface area contributed by atoms with Crippen LogP contribution in [0.3, 0.4) is 0 Å². The highest BCUT2D eigenvalue weighted by Gasteiger charge is 2.11. The Balaban J connectivity index is 2.88. The van der Waals surface area contributed by atoms with Gasteiger partial charge in [0.2, 0.25) is 0 Å². The number of benzene rings is 1. The van der Waals surface area contributed by atoms with Crippen LogP contribution >= 0.6 is 0 Å². The number of nitriles is 2. The van der Waals surface area contributed by atoms with Crippen molar-refractivity contribution in [3.05, 3.63) is 29.3 Å². The number of hydrogen-bond acceptors (Lipinski definition) is 5. The predicted octanol–water partition coefficient (Wildman–Crippen LogP) is 1.27. The van der Waals surface area contributed by atoms with E-state index in [0.29, 0.717) is 11.3 Å². The van der Waals surface area contributed by atoms with E-state index in [0.717, 1.165) is 0 Å². The molecular weight excluding hydrogens is 250 g/mol. The Bertz CT molecular complexity index is 624. The van der Waals surface area contributed by atoms with Gasteiger partial charge in [-0.05, 0) is 25.1 Å². The van der Waals surface area contributed by atoms with Gasteiger partial charge in [0.05, 0.1) is 16.9 Å². The molecule has 0 fully saturated rings. The minimum atomic E-state index is -3.05. The third-order valence-corrected chi connectivity index (χ3v) is 3.33. The molecule has 1 aromatic rings. The van der Waals surface area contributed by atoms with Crippen LogP contribution in [0.15, 0.2) is 18.2 Å². The summed E-state index contributed by atoms with van der Waals surface area (Å²) in [6, 6.07) is 8.31. The third kappa shape index (κ3) is 4.08. The summed E-state index contributed by atoms with van der Waals surface area (Å²) >= 11 is 0. The standard InChI is InChI=1S/C12H13N3O2S/c1-9(8-18(2,16)17)15-12-4-3-10(6-13)11(5-12)7-14/h3-5,9,15H,8H2,1-2H3. The van der Waals surface area contributed by atoms with Crippen molar-refractivity contribution in [3.63, 3.8) is 0 Å². The molecule has 6 heteroatoms. The molecule has 0 spiro atoms. The summed E-state index contributed by atoms with van der Waals surface area (Å²) in [6.45, 7) is 1.74. The van der Waals surface area contributed by atoms with E-state index in [9.17, 15) is 8.42 Å². The van der Waals surface area contributed by atoms with Crippen molar-refractivity contribution in [3.8, 4) is 12.1 Å². The van der Waals surface area contributed by atoms with E-state index in [4.69, 9.17) is 10.5 Å². The quantitative estimate of drug-likeness (QED) is 0.883. The van der Waals surface area contributed by atoms with E-state index in [1.807, 2.05) is 12.1 Å². The van der Waals surface area contributed by atoms with E-state index in [1.54, 1.807) is 13.0 Å². The first-order chi connectivity index (χ1) is 8.35. The van der Waals surface area contributed by atoms with Crippen LogP contribution < -0.4 is 5.32 Å². The number of anilines is 1. The Morgan fingerprint density at radius 3 is 2.39 bits per heavy atom. The first kappa shape index (κ1) is 14.0. The summed E-state index contributed by atoms with van der Waals surface area (Å²) in [4.78, 5) is 0. The van der Waals surface area contributed by atoms with Gasteiger partial charge in [0.15, 0.2) is 0 Å². The highest BCUT2D eigenvalue weighted by molar-refractivity contribution is 7.90. The number of hydrogen-bond donors (Lipinski definition) is 1. The molecule has 0 radical (unpaired) electrons. The number of rotatable bonds is 4. The van der Waals surface area contributed by atoms with Gasteiger partial charge in [-0.2, -0.15) is 10.5 Å². The fourth-order valence-electron chi connectivity index (χ4n) is 1.60. The minimum Gasteiger partial charge on any atom is -0.382 e. The smallest absolute Gasteiger partial charge is 0.149 e. The molecule has 1 N–H and O–H groups in total. The summed E-state index contributed by atoms with van der Waals surface area (Å²) in [6.07, 6.45) is 1.17. The molecule has 0 amide bonds. The van der Waals surface area contributed by atoms with Crippen molar-refractivity contribution in [2.24, 2.45) is 0 Å². The van der Waals surface area contributed by atoms with Gasteiger partial charge < -0.3 is 5.32 Å². The minimum absolute atomic E-state index is 0.00882. The van der Waals surface area contributed by atoms with Crippen LogP contribution in [0.4, 0.5) is 5.69 Å². The Labute approximate surface area is 107 Å². The van der Waals surface area contributed by atoms with Gasteiger partial charge in [0.25, 0.3) is 0 Å². The molecule has 0 aliphatic rings. The molecule has 0 heterocycles. The Kier molecular flexibility index (Phi) is 4.30. The van der Waals surface area contributed by atoms with Gasteiger partial charge in [0.1, 0.15) is 22.0 Å². The van der Waals surface area contributed by atoms with Crippen molar-refractivity contribution in [2.45, 2.75) is 13.0 Å². The summed E-state index contributed by atoms with van der Waals surface area (Å²) in [5.74, 6) is 0.00882. The van der Waals surface area contributed by atoms with Crippen LogP contribution in [0.25, 0.3) is 0 Å². The highest BCUT2D eigenvalue weighted by Crippen LogP contribution is 2.15. The molecule has 0 bridgehead atoms. The van der Waals surface area contributed by atoms with E-state index in [-0.39, 0.29) is 17.4 Å². The van der Waals surface area contributed by atoms with Gasteiger partial charge in [-0.3, -0.25) is 0 Å². The molecule has 1 aromatic carbocycles. The number of nitrogens with zero attached hydrogens (tertiary/aromatic N) is 2. The van der Waals surface area contributed by atoms with Crippen molar-refractivity contribution in [2.75, 3.05) is 17.3 Å². The van der Waals surface area contributed by atoms with Gasteiger partial charge >= 0.3 is 0 Å². The Morgan fingerprint density at radius 1 is 1.28 bits per heavy atom. The second-order valence-electron chi connectivity index (χ2n) is 4.12. The normalized spacial score (nSPS) is 12.2. The zero-order valence-corrected chi connectivity index (χ0v) is 11.0. The van der Waals surface area contributed by atoms with Gasteiger partial charge in [0, 0.05) is 18.0 Å². The lowest BCUT2D eigenvalue weighted by molar-refractivity contribution is 0.598. The Morgan fingerprint density at radius 2 is 1.89 bits per heavy atom. The van der Waals surface area contributed by atoms with Crippen molar-refractivity contribution >= 4 is 15.5 Å². The zero-order valence-electron chi connectivity index (χ0n) is 10.1. The first-order valence-corrected chi connectivity index (χ1v) is 7.30. The molecule has 1 unspecified atom stereocenters. The van der Waals surface area contributed by atoms with Gasteiger partial charge in [-0.1, -0.05) is 0 Å². The Hall–Kier alpha value is -2.05. The summed E-state index contributed by atoms with van der Waals surface area (Å²) < 4.78 is 22.2. The van der Waals surface area contributed by atoms with Crippen LogP contribution in [0.2, 0.25) is 0 Å². The number of nitrogens with one attached hydrogen (secondary N) is 1. The molecule has 0 aliphatic heterocycles. The van der Waals surface area contributed by atoms with E-state index in [2.05, 4.69) is 5.32 Å². The first-order valence-electron chi connectivity index (χ1n) is 5.24. The van der Waals surface area contributed by atoms with Gasteiger partial charge in [-0.15, -0.1) is 0 Å². The zero-order chi connectivity index (χ0) is 13.8. The van der Waals surface area contributed by atoms with E-state index in [1.165, 1.54) is 18.4 Å². The second-order valence-corrected chi connectivity index (χ2v) is 6.31. The number of sulfone groups is 1. The SMILES string of the molecule is CC(CS(C)(=O)=O)Nc1ccc(C#N)c(C#N)c1. The summed E-state index contributed by atoms with van der Waals surface area (Å²) in [5.41, 5.74) is 1.20. The molecular formula is C12H13N3O2S. The molecule has 94 valence electrons. The lowest BCUT2D eigenvalue weighted by Crippen LogP contribution is -2.25. The molecule has 18 heavy (non-hydrogen) atoms. The van der Waals surface area contributed by atoms with Crippen LogP contribution in [0.1, 0.15) is 18.1 Å². The molecule has 0 saturated carbocycles. The second kappa shape index (κ2) is 5.52. The van der Waals surface area contributed by atoms with Gasteiger partial charge in [-0.25, -0.2) is 8.42 Å². The predicted molar refractivity (Wildman–Crippen MR) is 68.7 cm³/mol. The van der Waals surface area contributed by atoms with Crippen molar-refractivity contribution in [1.82, 2.24) is 0 Å². The van der Waals surface area contributed by atoms with Crippen LogP contribution in [0.5, 0.6) is 0 Å². The highest BCUT2D eigenvalue weighted by atomic mass is 32.2. The summed E-state index contributed by atoms with van der Waals surface area (Å²) in [5, 5.41) is 20.6. The maximum absolute atomic E-state index is 11.1. The average Bonchev–Trinajstić information content (AvgIpc) is 2.26. The maximum atomic E-state index is 11.1.